The van der Waals surface area contributed by atoms with Crippen LogP contribution in [0.25, 0.3) is 11.4 Å². The minimum atomic E-state index is -0.440. The largest absolute Gasteiger partial charge is 0.494 e. The van der Waals surface area contributed by atoms with Crippen molar-refractivity contribution in [2.24, 2.45) is 0 Å². The average molecular weight is 389 g/mol. The van der Waals surface area contributed by atoms with Gasteiger partial charge in [-0.25, -0.2) is 4.39 Å². The van der Waals surface area contributed by atoms with Crippen LogP contribution in [-0.4, -0.2) is 34.6 Å². The second-order valence-corrected chi connectivity index (χ2v) is 6.68. The van der Waals surface area contributed by atoms with Crippen molar-refractivity contribution in [2.75, 3.05) is 13.7 Å². The van der Waals surface area contributed by atoms with Crippen LogP contribution in [0, 0.1) is 5.82 Å². The lowest BCUT2D eigenvalue weighted by atomic mass is 10.1. The van der Waals surface area contributed by atoms with Crippen molar-refractivity contribution in [2.45, 2.75) is 26.3 Å². The molecule has 0 aliphatic heterocycles. The molecule has 1 aromatic carbocycles. The van der Waals surface area contributed by atoms with E-state index >= 15 is 0 Å². The molecule has 27 heavy (non-hydrogen) atoms. The molecule has 8 heteroatoms. The molecule has 2 heterocycles. The van der Waals surface area contributed by atoms with Gasteiger partial charge in [-0.2, -0.15) is 16.3 Å². The molecule has 0 aliphatic rings. The molecular weight excluding hydrogens is 369 g/mol. The first-order chi connectivity index (χ1) is 13.1. The Morgan fingerprint density at radius 2 is 2.22 bits per heavy atom. The Bertz CT molecular complexity index is 896. The van der Waals surface area contributed by atoms with Crippen LogP contribution in [0.2, 0.25) is 0 Å². The summed E-state index contributed by atoms with van der Waals surface area (Å²) in [5.41, 5.74) is 1.61. The third-order valence-corrected chi connectivity index (χ3v) is 4.81. The van der Waals surface area contributed by atoms with Crippen molar-refractivity contribution in [1.29, 1.82) is 0 Å². The van der Waals surface area contributed by atoms with Gasteiger partial charge in [0, 0.05) is 36.9 Å². The molecular formula is C19H20FN3O3S. The van der Waals surface area contributed by atoms with E-state index in [4.69, 9.17) is 9.26 Å². The first kappa shape index (κ1) is 19.0. The van der Waals surface area contributed by atoms with Gasteiger partial charge in [0.2, 0.25) is 17.6 Å². The molecule has 0 spiro atoms. The standard InChI is InChI=1S/C19H20FN3O3S/c1-3-23(11-13-4-5-16(25-2)15(20)10-13)18(24)7-6-17-21-19(22-26-17)14-8-9-27-12-14/h4-5,8-10,12H,3,6-7,11H2,1-2H3. The Hall–Kier alpha value is -2.74. The van der Waals surface area contributed by atoms with Crippen LogP contribution in [-0.2, 0) is 17.8 Å². The number of methoxy groups -OCH3 is 1. The third kappa shape index (κ3) is 4.71. The van der Waals surface area contributed by atoms with Crippen molar-refractivity contribution in [3.8, 4) is 17.1 Å². The molecule has 0 unspecified atom stereocenters. The van der Waals surface area contributed by atoms with E-state index in [-0.39, 0.29) is 18.1 Å². The molecule has 3 rings (SSSR count). The zero-order valence-electron chi connectivity index (χ0n) is 15.1. The second kappa shape index (κ2) is 8.77. The van der Waals surface area contributed by atoms with Crippen molar-refractivity contribution in [3.05, 3.63) is 52.3 Å². The van der Waals surface area contributed by atoms with Gasteiger partial charge in [-0.15, -0.1) is 0 Å². The fraction of sp³-hybridized carbons (Fsp3) is 0.316. The maximum atomic E-state index is 13.8. The number of halogens is 1. The molecule has 0 saturated carbocycles. The van der Waals surface area contributed by atoms with Gasteiger partial charge in [0.1, 0.15) is 0 Å². The minimum Gasteiger partial charge on any atom is -0.494 e. The molecule has 0 saturated heterocycles. The van der Waals surface area contributed by atoms with Gasteiger partial charge in [-0.1, -0.05) is 11.2 Å². The summed E-state index contributed by atoms with van der Waals surface area (Å²) >= 11 is 1.56. The van der Waals surface area contributed by atoms with Gasteiger partial charge < -0.3 is 14.2 Å². The molecule has 3 aromatic rings. The Kier molecular flexibility index (Phi) is 6.18. The number of ether oxygens (including phenoxy) is 1. The summed E-state index contributed by atoms with van der Waals surface area (Å²) < 4.78 is 24.0. The molecule has 142 valence electrons. The predicted molar refractivity (Wildman–Crippen MR) is 100.0 cm³/mol. The van der Waals surface area contributed by atoms with Crippen LogP contribution in [0.4, 0.5) is 4.39 Å². The fourth-order valence-corrected chi connectivity index (χ4v) is 3.28. The molecule has 0 aliphatic carbocycles. The molecule has 2 aromatic heterocycles. The number of benzene rings is 1. The van der Waals surface area contributed by atoms with E-state index in [0.29, 0.717) is 36.8 Å². The van der Waals surface area contributed by atoms with Crippen molar-refractivity contribution in [1.82, 2.24) is 15.0 Å². The molecule has 0 bridgehead atoms. The predicted octanol–water partition coefficient (Wildman–Crippen LogP) is 3.93. The maximum absolute atomic E-state index is 13.8. The Balaban J connectivity index is 1.58. The topological polar surface area (TPSA) is 68.5 Å². The number of thiophene rings is 1. The van der Waals surface area contributed by atoms with Crippen molar-refractivity contribution < 1.29 is 18.4 Å². The van der Waals surface area contributed by atoms with E-state index in [0.717, 1.165) is 5.56 Å². The second-order valence-electron chi connectivity index (χ2n) is 5.90. The highest BCUT2D eigenvalue weighted by molar-refractivity contribution is 7.08. The Morgan fingerprint density at radius 3 is 2.89 bits per heavy atom. The van der Waals surface area contributed by atoms with E-state index in [9.17, 15) is 9.18 Å². The van der Waals surface area contributed by atoms with Gasteiger partial charge in [0.15, 0.2) is 11.6 Å². The van der Waals surface area contributed by atoms with Crippen LogP contribution in [0.15, 0.2) is 39.5 Å². The number of hydrogen-bond donors (Lipinski definition) is 0. The molecule has 6 nitrogen and oxygen atoms in total. The number of carbonyl (C=O) groups excluding carboxylic acids is 1. The molecule has 0 radical (unpaired) electrons. The number of carbonyl (C=O) groups is 1. The van der Waals surface area contributed by atoms with Crippen molar-refractivity contribution in [3.63, 3.8) is 0 Å². The number of aryl methyl sites for hydroxylation is 1. The van der Waals surface area contributed by atoms with Crippen LogP contribution in [0.5, 0.6) is 5.75 Å². The molecule has 0 atom stereocenters. The third-order valence-electron chi connectivity index (χ3n) is 4.12. The fourth-order valence-electron chi connectivity index (χ4n) is 2.64. The summed E-state index contributed by atoms with van der Waals surface area (Å²) in [4.78, 5) is 18.5. The van der Waals surface area contributed by atoms with E-state index in [1.165, 1.54) is 13.2 Å². The van der Waals surface area contributed by atoms with E-state index in [2.05, 4.69) is 10.1 Å². The Morgan fingerprint density at radius 1 is 1.37 bits per heavy atom. The summed E-state index contributed by atoms with van der Waals surface area (Å²) in [6.07, 6.45) is 0.612. The minimum absolute atomic E-state index is 0.0518. The van der Waals surface area contributed by atoms with Crippen LogP contribution >= 0.6 is 11.3 Å². The summed E-state index contributed by atoms with van der Waals surface area (Å²) in [7, 11) is 1.42. The van der Waals surface area contributed by atoms with Gasteiger partial charge in [0.05, 0.1) is 7.11 Å². The smallest absolute Gasteiger partial charge is 0.227 e. The normalized spacial score (nSPS) is 10.8. The number of aromatic nitrogens is 2. The highest BCUT2D eigenvalue weighted by Gasteiger charge is 2.16. The SMILES string of the molecule is CCN(Cc1ccc(OC)c(F)c1)C(=O)CCc1nc(-c2ccsc2)no1. The highest BCUT2D eigenvalue weighted by Crippen LogP contribution is 2.20. The lowest BCUT2D eigenvalue weighted by Gasteiger charge is -2.21. The lowest BCUT2D eigenvalue weighted by molar-refractivity contribution is -0.131. The Labute approximate surface area is 160 Å². The van der Waals surface area contributed by atoms with E-state index < -0.39 is 5.82 Å². The summed E-state index contributed by atoms with van der Waals surface area (Å²) in [5, 5.41) is 7.82. The van der Waals surface area contributed by atoms with Gasteiger partial charge >= 0.3 is 0 Å². The number of amides is 1. The van der Waals surface area contributed by atoms with Gasteiger partial charge in [-0.05, 0) is 36.1 Å². The maximum Gasteiger partial charge on any atom is 0.227 e. The highest BCUT2D eigenvalue weighted by atomic mass is 32.1. The van der Waals surface area contributed by atoms with Crippen molar-refractivity contribution >= 4 is 17.2 Å². The van der Waals surface area contributed by atoms with Crippen LogP contribution in [0.1, 0.15) is 24.8 Å². The number of hydrogen-bond acceptors (Lipinski definition) is 6. The lowest BCUT2D eigenvalue weighted by Crippen LogP contribution is -2.30. The monoisotopic (exact) mass is 389 g/mol. The summed E-state index contributed by atoms with van der Waals surface area (Å²) in [5.74, 6) is 0.649. The summed E-state index contributed by atoms with van der Waals surface area (Å²) in [6, 6.07) is 6.62. The quantitative estimate of drug-likeness (QED) is 0.584. The van der Waals surface area contributed by atoms with E-state index in [1.54, 1.807) is 28.4 Å². The zero-order chi connectivity index (χ0) is 19.2. The van der Waals surface area contributed by atoms with E-state index in [1.807, 2.05) is 23.8 Å². The molecule has 1 amide bonds. The zero-order valence-corrected chi connectivity index (χ0v) is 16.0. The summed E-state index contributed by atoms with van der Waals surface area (Å²) in [6.45, 7) is 2.75. The average Bonchev–Trinajstić information content (AvgIpc) is 3.35. The molecule has 0 N–H and O–H groups in total. The first-order valence-electron chi connectivity index (χ1n) is 8.56. The van der Waals surface area contributed by atoms with Gasteiger partial charge in [-0.3, -0.25) is 4.79 Å². The van der Waals surface area contributed by atoms with Crippen LogP contribution in [0.3, 0.4) is 0 Å². The first-order valence-corrected chi connectivity index (χ1v) is 9.50. The molecule has 0 fully saturated rings. The number of rotatable bonds is 8. The number of nitrogens with zero attached hydrogens (tertiary/aromatic N) is 3. The van der Waals surface area contributed by atoms with Gasteiger partial charge in [0.25, 0.3) is 0 Å². The van der Waals surface area contributed by atoms with Crippen LogP contribution < -0.4 is 4.74 Å².